The van der Waals surface area contributed by atoms with E-state index >= 15 is 0 Å². The molecule has 0 aliphatic carbocycles. The molecule has 128 valence electrons. The largest absolute Gasteiger partial charge is 0.477 e. The Kier molecular flexibility index (Phi) is 4.09. The molecule has 0 aliphatic rings. The predicted octanol–water partition coefficient (Wildman–Crippen LogP) is 3.25. The van der Waals surface area contributed by atoms with E-state index in [-0.39, 0.29) is 27.4 Å². The lowest BCUT2D eigenvalue weighted by Crippen LogP contribution is -2.19. The van der Waals surface area contributed by atoms with Crippen molar-refractivity contribution in [1.82, 2.24) is 9.55 Å². The molecule has 0 fully saturated rings. The maximum absolute atomic E-state index is 13.7. The summed E-state index contributed by atoms with van der Waals surface area (Å²) in [5, 5.41) is 8.22. The molecule has 2 aromatic heterocycles. The van der Waals surface area contributed by atoms with Crippen LogP contribution in [0, 0.1) is 11.6 Å². The van der Waals surface area contributed by atoms with Crippen LogP contribution in [0.5, 0.6) is 0 Å². The summed E-state index contributed by atoms with van der Waals surface area (Å²) in [6.45, 7) is 0. The number of nitrogen functional groups attached to an aromatic ring is 1. The maximum Gasteiger partial charge on any atom is 0.341 e. The molecule has 0 atom stereocenters. The molecular weight excluding hydrogens is 379 g/mol. The van der Waals surface area contributed by atoms with Crippen LogP contribution in [0.2, 0.25) is 10.2 Å². The third-order valence-corrected chi connectivity index (χ3v) is 4.01. The molecule has 0 amide bonds. The standard InChI is InChI=1S/C15H7Cl2F2N3O3/c16-7-2-8(18)10(20)3-11(7)22-4-6(15(24)25)12(23)5-1-9(19)13(17)21-14(5)22/h1-4H,20H2,(H,24,25). The third kappa shape index (κ3) is 2.79. The van der Waals surface area contributed by atoms with Crippen LogP contribution < -0.4 is 11.2 Å². The van der Waals surface area contributed by atoms with Gasteiger partial charge in [0.15, 0.2) is 11.0 Å². The molecule has 10 heteroatoms. The Morgan fingerprint density at radius 2 is 1.88 bits per heavy atom. The lowest BCUT2D eigenvalue weighted by molar-refractivity contribution is 0.0695. The van der Waals surface area contributed by atoms with E-state index in [0.29, 0.717) is 0 Å². The number of hydrogen-bond donors (Lipinski definition) is 2. The monoisotopic (exact) mass is 385 g/mol. The summed E-state index contributed by atoms with van der Waals surface area (Å²) in [7, 11) is 0. The van der Waals surface area contributed by atoms with Gasteiger partial charge in [0.1, 0.15) is 17.0 Å². The first kappa shape index (κ1) is 17.1. The second-order valence-corrected chi connectivity index (χ2v) is 5.77. The van der Waals surface area contributed by atoms with Gasteiger partial charge in [-0.05, 0) is 18.2 Å². The highest BCUT2D eigenvalue weighted by Gasteiger charge is 2.20. The van der Waals surface area contributed by atoms with Crippen molar-refractivity contribution in [3.63, 3.8) is 0 Å². The normalized spacial score (nSPS) is 11.0. The number of halogens is 4. The average molecular weight is 386 g/mol. The Bertz CT molecular complexity index is 1120. The van der Waals surface area contributed by atoms with Crippen LogP contribution in [0.3, 0.4) is 0 Å². The molecule has 25 heavy (non-hydrogen) atoms. The summed E-state index contributed by atoms with van der Waals surface area (Å²) in [6, 6.07) is 2.82. The van der Waals surface area contributed by atoms with Gasteiger partial charge in [-0.15, -0.1) is 0 Å². The smallest absolute Gasteiger partial charge is 0.341 e. The molecule has 0 saturated heterocycles. The molecule has 3 aromatic rings. The first-order valence-electron chi connectivity index (χ1n) is 6.60. The van der Waals surface area contributed by atoms with Crippen molar-refractivity contribution in [1.29, 1.82) is 0 Å². The number of aromatic carboxylic acids is 1. The Balaban J connectivity index is 2.52. The number of nitrogens with zero attached hydrogens (tertiary/aromatic N) is 2. The number of anilines is 1. The number of pyridine rings is 2. The van der Waals surface area contributed by atoms with E-state index in [2.05, 4.69) is 4.98 Å². The van der Waals surface area contributed by atoms with Gasteiger partial charge in [-0.3, -0.25) is 9.36 Å². The molecule has 0 saturated carbocycles. The molecule has 0 unspecified atom stereocenters. The van der Waals surface area contributed by atoms with Crippen molar-refractivity contribution in [2.24, 2.45) is 0 Å². The second-order valence-electron chi connectivity index (χ2n) is 5.00. The maximum atomic E-state index is 13.7. The average Bonchev–Trinajstić information content (AvgIpc) is 2.53. The number of rotatable bonds is 2. The summed E-state index contributed by atoms with van der Waals surface area (Å²) in [5.74, 6) is -3.32. The number of benzene rings is 1. The number of carboxylic acids is 1. The van der Waals surface area contributed by atoms with Crippen molar-refractivity contribution in [2.45, 2.75) is 0 Å². The Hall–Kier alpha value is -2.71. The molecule has 3 N–H and O–H groups in total. The van der Waals surface area contributed by atoms with Gasteiger partial charge in [-0.25, -0.2) is 18.6 Å². The molecule has 1 aromatic carbocycles. The predicted molar refractivity (Wildman–Crippen MR) is 88.6 cm³/mol. The number of hydrogen-bond acceptors (Lipinski definition) is 4. The van der Waals surface area contributed by atoms with Crippen LogP contribution in [-0.4, -0.2) is 20.6 Å². The van der Waals surface area contributed by atoms with Gasteiger partial charge in [-0.2, -0.15) is 0 Å². The van der Waals surface area contributed by atoms with Crippen molar-refractivity contribution < 1.29 is 18.7 Å². The van der Waals surface area contributed by atoms with Crippen LogP contribution in [0.4, 0.5) is 14.5 Å². The number of nitrogens with two attached hydrogens (primary N) is 1. The van der Waals surface area contributed by atoms with Gasteiger partial charge in [-0.1, -0.05) is 23.2 Å². The molecule has 0 aliphatic heterocycles. The molecule has 6 nitrogen and oxygen atoms in total. The zero-order valence-electron chi connectivity index (χ0n) is 12.1. The summed E-state index contributed by atoms with van der Waals surface area (Å²) < 4.78 is 28.3. The van der Waals surface area contributed by atoms with E-state index in [1.54, 1.807) is 0 Å². The molecular formula is C15H7Cl2F2N3O3. The number of aromatic nitrogens is 2. The Morgan fingerprint density at radius 3 is 2.52 bits per heavy atom. The minimum atomic E-state index is -1.54. The third-order valence-electron chi connectivity index (χ3n) is 3.44. The van der Waals surface area contributed by atoms with E-state index < -0.39 is 33.7 Å². The van der Waals surface area contributed by atoms with Gasteiger partial charge >= 0.3 is 5.97 Å². The van der Waals surface area contributed by atoms with Crippen molar-refractivity contribution >= 4 is 45.9 Å². The Labute approximate surface area is 148 Å². The topological polar surface area (TPSA) is 98.2 Å². The minimum absolute atomic E-state index is 0.0447. The van der Waals surface area contributed by atoms with Gasteiger partial charge in [0, 0.05) is 6.20 Å². The van der Waals surface area contributed by atoms with Gasteiger partial charge in [0.25, 0.3) is 0 Å². The van der Waals surface area contributed by atoms with Crippen molar-refractivity contribution in [3.8, 4) is 5.69 Å². The van der Waals surface area contributed by atoms with Crippen LogP contribution in [0.25, 0.3) is 16.7 Å². The summed E-state index contributed by atoms with van der Waals surface area (Å²) in [4.78, 5) is 27.4. The van der Waals surface area contributed by atoms with E-state index in [4.69, 9.17) is 28.9 Å². The summed E-state index contributed by atoms with van der Waals surface area (Å²) >= 11 is 11.7. The van der Waals surface area contributed by atoms with Gasteiger partial charge in [0.05, 0.1) is 21.8 Å². The SMILES string of the molecule is Nc1cc(-n2cc(C(=O)O)c(=O)c3cc(F)c(Cl)nc32)c(Cl)cc1F. The highest BCUT2D eigenvalue weighted by Crippen LogP contribution is 2.28. The first-order chi connectivity index (χ1) is 11.7. The van der Waals surface area contributed by atoms with Crippen molar-refractivity contribution in [2.75, 3.05) is 5.73 Å². The lowest BCUT2D eigenvalue weighted by Gasteiger charge is -2.14. The fourth-order valence-corrected chi connectivity index (χ4v) is 2.65. The molecule has 3 rings (SSSR count). The van der Waals surface area contributed by atoms with Gasteiger partial charge < -0.3 is 10.8 Å². The van der Waals surface area contributed by atoms with Crippen LogP contribution in [-0.2, 0) is 0 Å². The Morgan fingerprint density at radius 1 is 1.20 bits per heavy atom. The van der Waals surface area contributed by atoms with Crippen LogP contribution in [0.1, 0.15) is 10.4 Å². The number of fused-ring (bicyclic) bond motifs is 1. The van der Waals surface area contributed by atoms with E-state index in [0.717, 1.165) is 29.0 Å². The summed E-state index contributed by atoms with van der Waals surface area (Å²) in [5.41, 5.74) is 3.53. The van der Waals surface area contributed by atoms with Crippen LogP contribution >= 0.6 is 23.2 Å². The highest BCUT2D eigenvalue weighted by molar-refractivity contribution is 6.32. The van der Waals surface area contributed by atoms with E-state index in [1.165, 1.54) is 0 Å². The minimum Gasteiger partial charge on any atom is -0.477 e. The molecule has 0 bridgehead atoms. The second kappa shape index (κ2) is 5.98. The number of carbonyl (C=O) groups is 1. The summed E-state index contributed by atoms with van der Waals surface area (Å²) in [6.07, 6.45) is 0.937. The van der Waals surface area contributed by atoms with Crippen molar-refractivity contribution in [3.05, 3.63) is 62.0 Å². The zero-order valence-corrected chi connectivity index (χ0v) is 13.6. The lowest BCUT2D eigenvalue weighted by atomic mass is 10.1. The molecule has 0 radical (unpaired) electrons. The fourth-order valence-electron chi connectivity index (χ4n) is 2.28. The molecule has 2 heterocycles. The highest BCUT2D eigenvalue weighted by atomic mass is 35.5. The zero-order chi connectivity index (χ0) is 18.5. The van der Waals surface area contributed by atoms with Crippen LogP contribution in [0.15, 0.2) is 29.2 Å². The fraction of sp³-hybridized carbons (Fsp3) is 0. The quantitative estimate of drug-likeness (QED) is 0.521. The molecule has 0 spiro atoms. The van der Waals surface area contributed by atoms with Gasteiger partial charge in [0.2, 0.25) is 5.43 Å². The van der Waals surface area contributed by atoms with E-state index in [9.17, 15) is 23.5 Å². The first-order valence-corrected chi connectivity index (χ1v) is 7.36. The van der Waals surface area contributed by atoms with E-state index in [1.807, 2.05) is 0 Å². The number of carboxylic acid groups (broad SMARTS) is 1.